The fourth-order valence-electron chi connectivity index (χ4n) is 1.71. The van der Waals surface area contributed by atoms with E-state index in [1.807, 2.05) is 7.05 Å². The van der Waals surface area contributed by atoms with Gasteiger partial charge in [-0.2, -0.15) is 0 Å². The number of amides is 1. The van der Waals surface area contributed by atoms with E-state index in [-0.39, 0.29) is 11.9 Å². The Labute approximate surface area is 114 Å². The standard InChI is InChI=1S/C13H22ClN3O/c1-9(2)11(15)5-6-16(3)13(18)12-7-10(14)8-17(12)4/h7-9,11H,5-6,15H2,1-4H3. The smallest absolute Gasteiger partial charge is 0.270 e. The first kappa shape index (κ1) is 15.1. The molecule has 0 spiro atoms. The Morgan fingerprint density at radius 1 is 1.56 bits per heavy atom. The molecule has 0 aliphatic rings. The topological polar surface area (TPSA) is 51.3 Å². The lowest BCUT2D eigenvalue weighted by Crippen LogP contribution is -2.35. The van der Waals surface area contributed by atoms with Crippen molar-refractivity contribution in [3.63, 3.8) is 0 Å². The average molecular weight is 272 g/mol. The Balaban J connectivity index is 2.59. The van der Waals surface area contributed by atoms with E-state index in [1.54, 1.807) is 28.8 Å². The molecule has 102 valence electrons. The summed E-state index contributed by atoms with van der Waals surface area (Å²) in [5.41, 5.74) is 6.57. The minimum absolute atomic E-state index is 0.0274. The molecule has 1 amide bonds. The van der Waals surface area contributed by atoms with Crippen LogP contribution in [-0.4, -0.2) is 35.0 Å². The molecule has 1 aromatic heterocycles. The van der Waals surface area contributed by atoms with Crippen LogP contribution in [0.2, 0.25) is 5.02 Å². The first-order chi connectivity index (χ1) is 8.32. The van der Waals surface area contributed by atoms with Crippen LogP contribution in [0.15, 0.2) is 12.3 Å². The Bertz CT molecular complexity index is 414. The second-order valence-corrected chi connectivity index (χ2v) is 5.51. The molecule has 18 heavy (non-hydrogen) atoms. The summed E-state index contributed by atoms with van der Waals surface area (Å²) in [6.07, 6.45) is 2.53. The maximum Gasteiger partial charge on any atom is 0.270 e. The monoisotopic (exact) mass is 271 g/mol. The minimum atomic E-state index is -0.0274. The first-order valence-electron chi connectivity index (χ1n) is 6.15. The molecular weight excluding hydrogens is 250 g/mol. The molecule has 0 aromatic carbocycles. The van der Waals surface area contributed by atoms with E-state index in [0.29, 0.717) is 23.2 Å². The van der Waals surface area contributed by atoms with Crippen LogP contribution in [0, 0.1) is 5.92 Å². The fourth-order valence-corrected chi connectivity index (χ4v) is 1.96. The maximum absolute atomic E-state index is 12.2. The summed E-state index contributed by atoms with van der Waals surface area (Å²) in [4.78, 5) is 13.9. The van der Waals surface area contributed by atoms with Crippen molar-refractivity contribution in [2.24, 2.45) is 18.7 Å². The normalized spacial score (nSPS) is 12.8. The highest BCUT2D eigenvalue weighted by Gasteiger charge is 2.17. The van der Waals surface area contributed by atoms with E-state index in [1.165, 1.54) is 0 Å². The highest BCUT2D eigenvalue weighted by molar-refractivity contribution is 6.31. The molecule has 0 saturated carbocycles. The molecule has 5 heteroatoms. The minimum Gasteiger partial charge on any atom is -0.345 e. The zero-order valence-electron chi connectivity index (χ0n) is 11.5. The second kappa shape index (κ2) is 6.25. The fraction of sp³-hybridized carbons (Fsp3) is 0.615. The van der Waals surface area contributed by atoms with E-state index in [9.17, 15) is 4.79 Å². The van der Waals surface area contributed by atoms with Crippen LogP contribution in [0.5, 0.6) is 0 Å². The molecule has 1 heterocycles. The lowest BCUT2D eigenvalue weighted by Gasteiger charge is -2.21. The van der Waals surface area contributed by atoms with Gasteiger partial charge in [-0.15, -0.1) is 0 Å². The summed E-state index contributed by atoms with van der Waals surface area (Å²) >= 11 is 5.87. The SMILES string of the molecule is CC(C)C(N)CCN(C)C(=O)c1cc(Cl)cn1C. The molecule has 0 aliphatic carbocycles. The highest BCUT2D eigenvalue weighted by atomic mass is 35.5. The van der Waals surface area contributed by atoms with E-state index >= 15 is 0 Å². The van der Waals surface area contributed by atoms with E-state index in [2.05, 4.69) is 13.8 Å². The van der Waals surface area contributed by atoms with Crippen molar-refractivity contribution in [2.75, 3.05) is 13.6 Å². The van der Waals surface area contributed by atoms with Gasteiger partial charge in [0.05, 0.1) is 5.02 Å². The molecule has 0 radical (unpaired) electrons. The predicted octanol–water partition coefficient (Wildman–Crippen LogP) is 2.12. The molecule has 0 aliphatic heterocycles. The van der Waals surface area contributed by atoms with Crippen LogP contribution in [0.4, 0.5) is 0 Å². The van der Waals surface area contributed by atoms with Crippen LogP contribution in [0.1, 0.15) is 30.8 Å². The lowest BCUT2D eigenvalue weighted by atomic mass is 10.0. The molecule has 1 aromatic rings. The van der Waals surface area contributed by atoms with Crippen molar-refractivity contribution < 1.29 is 4.79 Å². The Morgan fingerprint density at radius 3 is 2.61 bits per heavy atom. The highest BCUT2D eigenvalue weighted by Crippen LogP contribution is 2.14. The molecule has 0 fully saturated rings. The van der Waals surface area contributed by atoms with Crippen LogP contribution in [0.25, 0.3) is 0 Å². The number of nitrogens with zero attached hydrogens (tertiary/aromatic N) is 2. The van der Waals surface area contributed by atoms with Crippen LogP contribution >= 0.6 is 11.6 Å². The number of aryl methyl sites for hydroxylation is 1. The third kappa shape index (κ3) is 3.75. The molecule has 1 unspecified atom stereocenters. The number of carbonyl (C=O) groups excluding carboxylic acids is 1. The molecule has 1 atom stereocenters. The van der Waals surface area contributed by atoms with Crippen LogP contribution in [-0.2, 0) is 7.05 Å². The van der Waals surface area contributed by atoms with E-state index in [0.717, 1.165) is 6.42 Å². The molecule has 0 bridgehead atoms. The van der Waals surface area contributed by atoms with Gasteiger partial charge in [0.1, 0.15) is 5.69 Å². The van der Waals surface area contributed by atoms with Crippen molar-refractivity contribution >= 4 is 17.5 Å². The van der Waals surface area contributed by atoms with E-state index in [4.69, 9.17) is 17.3 Å². The van der Waals surface area contributed by atoms with Gasteiger partial charge in [-0.3, -0.25) is 4.79 Å². The summed E-state index contributed by atoms with van der Waals surface area (Å²) in [6, 6.07) is 1.81. The van der Waals surface area contributed by atoms with Crippen LogP contribution < -0.4 is 5.73 Å². The average Bonchev–Trinajstić information content (AvgIpc) is 2.63. The van der Waals surface area contributed by atoms with Gasteiger partial charge in [0, 0.05) is 32.9 Å². The zero-order valence-corrected chi connectivity index (χ0v) is 12.2. The number of aromatic nitrogens is 1. The Morgan fingerprint density at radius 2 is 2.17 bits per heavy atom. The third-order valence-electron chi connectivity index (χ3n) is 3.19. The first-order valence-corrected chi connectivity index (χ1v) is 6.53. The molecule has 0 saturated heterocycles. The Hall–Kier alpha value is -1.00. The summed E-state index contributed by atoms with van der Waals surface area (Å²) < 4.78 is 1.74. The molecule has 2 N–H and O–H groups in total. The largest absolute Gasteiger partial charge is 0.345 e. The van der Waals surface area contributed by atoms with Gasteiger partial charge in [-0.25, -0.2) is 0 Å². The van der Waals surface area contributed by atoms with Gasteiger partial charge in [-0.05, 0) is 18.4 Å². The summed E-state index contributed by atoms with van der Waals surface area (Å²) in [7, 11) is 3.60. The van der Waals surface area contributed by atoms with Gasteiger partial charge in [0.15, 0.2) is 0 Å². The van der Waals surface area contributed by atoms with Crippen molar-refractivity contribution in [1.29, 1.82) is 0 Å². The number of rotatable bonds is 5. The van der Waals surface area contributed by atoms with Gasteiger partial charge in [0.2, 0.25) is 0 Å². The van der Waals surface area contributed by atoms with Crippen LogP contribution in [0.3, 0.4) is 0 Å². The van der Waals surface area contributed by atoms with Gasteiger partial charge in [-0.1, -0.05) is 25.4 Å². The number of nitrogens with two attached hydrogens (primary N) is 1. The number of carbonyl (C=O) groups is 1. The van der Waals surface area contributed by atoms with E-state index < -0.39 is 0 Å². The van der Waals surface area contributed by atoms with Gasteiger partial charge < -0.3 is 15.2 Å². The van der Waals surface area contributed by atoms with Crippen molar-refractivity contribution in [3.05, 3.63) is 23.0 Å². The van der Waals surface area contributed by atoms with Gasteiger partial charge in [0.25, 0.3) is 5.91 Å². The lowest BCUT2D eigenvalue weighted by molar-refractivity contribution is 0.0780. The second-order valence-electron chi connectivity index (χ2n) is 5.08. The summed E-state index contributed by atoms with van der Waals surface area (Å²) in [5.74, 6) is 0.401. The van der Waals surface area contributed by atoms with Crippen molar-refractivity contribution in [1.82, 2.24) is 9.47 Å². The molecular formula is C13H22ClN3O. The third-order valence-corrected chi connectivity index (χ3v) is 3.40. The Kier molecular flexibility index (Phi) is 5.23. The number of hydrogen-bond donors (Lipinski definition) is 1. The number of hydrogen-bond acceptors (Lipinski definition) is 2. The quantitative estimate of drug-likeness (QED) is 0.892. The molecule has 1 rings (SSSR count). The zero-order chi connectivity index (χ0) is 13.9. The predicted molar refractivity (Wildman–Crippen MR) is 74.8 cm³/mol. The van der Waals surface area contributed by atoms with Crippen molar-refractivity contribution in [2.45, 2.75) is 26.3 Å². The maximum atomic E-state index is 12.2. The molecule has 4 nitrogen and oxygen atoms in total. The van der Waals surface area contributed by atoms with Gasteiger partial charge >= 0.3 is 0 Å². The summed E-state index contributed by atoms with van der Waals surface area (Å²) in [6.45, 7) is 4.83. The van der Waals surface area contributed by atoms with Crippen molar-refractivity contribution in [3.8, 4) is 0 Å². The number of halogens is 1. The summed E-state index contributed by atoms with van der Waals surface area (Å²) in [5, 5.41) is 0.577.